The summed E-state index contributed by atoms with van der Waals surface area (Å²) < 4.78 is 4.89. The van der Waals surface area contributed by atoms with Gasteiger partial charge in [-0.05, 0) is 19.3 Å². The molecule has 1 saturated carbocycles. The topological polar surface area (TPSA) is 49.8 Å². The highest BCUT2D eigenvalue weighted by molar-refractivity contribution is 5.70. The predicted octanol–water partition coefficient (Wildman–Crippen LogP) is 0.354. The van der Waals surface area contributed by atoms with Crippen LogP contribution in [0.3, 0.4) is 0 Å². The van der Waals surface area contributed by atoms with Crippen LogP contribution in [-0.2, 0) is 4.74 Å². The van der Waals surface area contributed by atoms with Crippen molar-refractivity contribution in [3.63, 3.8) is 0 Å². The molecule has 1 amide bonds. The van der Waals surface area contributed by atoms with Crippen molar-refractivity contribution in [2.45, 2.75) is 24.8 Å². The number of ether oxygens (including phenoxy) is 1. The predicted molar refractivity (Wildman–Crippen MR) is 41.7 cm³/mol. The molecule has 2 rings (SSSR count). The molecule has 4 heteroatoms. The van der Waals surface area contributed by atoms with Crippen molar-refractivity contribution in [2.75, 3.05) is 19.8 Å². The lowest BCUT2D eigenvalue weighted by Gasteiger charge is -2.32. The van der Waals surface area contributed by atoms with Gasteiger partial charge in [-0.1, -0.05) is 0 Å². The molecule has 1 heterocycles. The average Bonchev–Trinajstić information content (AvgIpc) is 2.86. The zero-order valence-electron chi connectivity index (χ0n) is 6.95. The molecule has 0 unspecified atom stereocenters. The Morgan fingerprint density at radius 3 is 2.83 bits per heavy atom. The van der Waals surface area contributed by atoms with Crippen molar-refractivity contribution in [1.82, 2.24) is 4.90 Å². The van der Waals surface area contributed by atoms with Crippen LogP contribution in [0, 0.1) is 0 Å². The summed E-state index contributed by atoms with van der Waals surface area (Å²) in [6, 6.07) is 0. The van der Waals surface area contributed by atoms with Gasteiger partial charge in [0.05, 0.1) is 18.8 Å². The summed E-state index contributed by atoms with van der Waals surface area (Å²) >= 11 is 0. The molecule has 0 aromatic carbocycles. The molecule has 68 valence electrons. The smallest absolute Gasteiger partial charge is 0.410 e. The van der Waals surface area contributed by atoms with Gasteiger partial charge < -0.3 is 14.7 Å². The number of aliphatic hydroxyl groups excluding tert-OH is 1. The van der Waals surface area contributed by atoms with E-state index in [4.69, 9.17) is 9.84 Å². The van der Waals surface area contributed by atoms with Crippen molar-refractivity contribution < 1.29 is 14.6 Å². The van der Waals surface area contributed by atoms with E-state index >= 15 is 0 Å². The maximum atomic E-state index is 11.2. The maximum Gasteiger partial charge on any atom is 0.410 e. The Morgan fingerprint density at radius 2 is 2.33 bits per heavy atom. The number of rotatable bonds is 2. The molecule has 2 fully saturated rings. The summed E-state index contributed by atoms with van der Waals surface area (Å²) in [7, 11) is 0. The SMILES string of the molecule is O=C1OCCCN1C1(CO)CC1. The molecule has 1 aliphatic carbocycles. The minimum Gasteiger partial charge on any atom is -0.449 e. The number of nitrogens with zero attached hydrogens (tertiary/aromatic N) is 1. The van der Waals surface area contributed by atoms with Crippen LogP contribution in [0.25, 0.3) is 0 Å². The van der Waals surface area contributed by atoms with Crippen molar-refractivity contribution in [3.05, 3.63) is 0 Å². The highest BCUT2D eigenvalue weighted by Crippen LogP contribution is 2.42. The van der Waals surface area contributed by atoms with Gasteiger partial charge in [0.25, 0.3) is 0 Å². The van der Waals surface area contributed by atoms with E-state index in [-0.39, 0.29) is 18.2 Å². The van der Waals surface area contributed by atoms with Crippen LogP contribution in [0.15, 0.2) is 0 Å². The fraction of sp³-hybridized carbons (Fsp3) is 0.875. The third-order valence-electron chi connectivity index (χ3n) is 2.67. The number of carbonyl (C=O) groups is 1. The molecule has 0 atom stereocenters. The fourth-order valence-corrected chi connectivity index (χ4v) is 1.64. The van der Waals surface area contributed by atoms with Crippen LogP contribution in [0.5, 0.6) is 0 Å². The van der Waals surface area contributed by atoms with E-state index in [0.717, 1.165) is 25.8 Å². The summed E-state index contributed by atoms with van der Waals surface area (Å²) in [5.41, 5.74) is -0.252. The number of amides is 1. The standard InChI is InChI=1S/C8H13NO3/c10-6-8(2-3-8)9-4-1-5-12-7(9)11/h10H,1-6H2. The molecule has 0 bridgehead atoms. The first-order valence-corrected chi connectivity index (χ1v) is 4.34. The highest BCUT2D eigenvalue weighted by atomic mass is 16.6. The second-order valence-corrected chi connectivity index (χ2v) is 3.50. The van der Waals surface area contributed by atoms with Gasteiger partial charge in [0.2, 0.25) is 0 Å². The lowest BCUT2D eigenvalue weighted by Crippen LogP contribution is -2.48. The molecule has 1 saturated heterocycles. The lowest BCUT2D eigenvalue weighted by atomic mass is 10.2. The quantitative estimate of drug-likeness (QED) is 0.652. The van der Waals surface area contributed by atoms with E-state index < -0.39 is 0 Å². The van der Waals surface area contributed by atoms with Gasteiger partial charge in [0.15, 0.2) is 0 Å². The van der Waals surface area contributed by atoms with Gasteiger partial charge in [0, 0.05) is 6.54 Å². The van der Waals surface area contributed by atoms with E-state index in [0.29, 0.717) is 6.61 Å². The van der Waals surface area contributed by atoms with Gasteiger partial charge in [0.1, 0.15) is 0 Å². The molecular formula is C8H13NO3. The zero-order valence-corrected chi connectivity index (χ0v) is 6.95. The molecular weight excluding hydrogens is 158 g/mol. The van der Waals surface area contributed by atoms with Gasteiger partial charge >= 0.3 is 6.09 Å². The van der Waals surface area contributed by atoms with Crippen LogP contribution in [0.1, 0.15) is 19.3 Å². The molecule has 12 heavy (non-hydrogen) atoms. The van der Waals surface area contributed by atoms with E-state index in [2.05, 4.69) is 0 Å². The summed E-state index contributed by atoms with van der Waals surface area (Å²) in [6.07, 6.45) is 2.46. The number of hydrogen-bond donors (Lipinski definition) is 1. The first-order chi connectivity index (χ1) is 5.78. The summed E-state index contributed by atoms with van der Waals surface area (Å²) in [5, 5.41) is 9.08. The second kappa shape index (κ2) is 2.62. The summed E-state index contributed by atoms with van der Waals surface area (Å²) in [6.45, 7) is 1.33. The fourth-order valence-electron chi connectivity index (χ4n) is 1.64. The van der Waals surface area contributed by atoms with Gasteiger partial charge in [-0.3, -0.25) is 0 Å². The number of carbonyl (C=O) groups excluding carboxylic acids is 1. The highest BCUT2D eigenvalue weighted by Gasteiger charge is 2.50. The third-order valence-corrected chi connectivity index (χ3v) is 2.67. The monoisotopic (exact) mass is 171 g/mol. The molecule has 0 aromatic rings. The largest absolute Gasteiger partial charge is 0.449 e. The maximum absolute atomic E-state index is 11.2. The van der Waals surface area contributed by atoms with Crippen molar-refractivity contribution in [2.24, 2.45) is 0 Å². The molecule has 1 N–H and O–H groups in total. The number of hydrogen-bond acceptors (Lipinski definition) is 3. The summed E-state index contributed by atoms with van der Waals surface area (Å²) in [5.74, 6) is 0. The molecule has 2 aliphatic rings. The Bertz CT molecular complexity index is 200. The van der Waals surface area contributed by atoms with Crippen LogP contribution < -0.4 is 0 Å². The van der Waals surface area contributed by atoms with Crippen molar-refractivity contribution in [1.29, 1.82) is 0 Å². The van der Waals surface area contributed by atoms with Crippen LogP contribution in [0.2, 0.25) is 0 Å². The Hall–Kier alpha value is -0.770. The van der Waals surface area contributed by atoms with E-state index in [9.17, 15) is 4.79 Å². The van der Waals surface area contributed by atoms with Crippen LogP contribution in [-0.4, -0.2) is 41.4 Å². The lowest BCUT2D eigenvalue weighted by molar-refractivity contribution is 0.0325. The van der Waals surface area contributed by atoms with E-state index in [1.54, 1.807) is 4.90 Å². The molecule has 4 nitrogen and oxygen atoms in total. The molecule has 0 aromatic heterocycles. The first kappa shape index (κ1) is 7.86. The second-order valence-electron chi connectivity index (χ2n) is 3.50. The first-order valence-electron chi connectivity index (χ1n) is 4.34. The molecule has 0 spiro atoms. The summed E-state index contributed by atoms with van der Waals surface area (Å²) in [4.78, 5) is 12.9. The Balaban J connectivity index is 2.06. The van der Waals surface area contributed by atoms with E-state index in [1.807, 2.05) is 0 Å². The average molecular weight is 171 g/mol. The number of cyclic esters (lactones) is 1. The molecule has 1 aliphatic heterocycles. The van der Waals surface area contributed by atoms with Gasteiger partial charge in [-0.2, -0.15) is 0 Å². The zero-order chi connectivity index (χ0) is 8.60. The minimum absolute atomic E-state index is 0.0715. The van der Waals surface area contributed by atoms with Crippen molar-refractivity contribution in [3.8, 4) is 0 Å². The minimum atomic E-state index is -0.257. The third kappa shape index (κ3) is 1.06. The molecule has 0 radical (unpaired) electrons. The van der Waals surface area contributed by atoms with Crippen LogP contribution >= 0.6 is 0 Å². The number of aliphatic hydroxyl groups is 1. The van der Waals surface area contributed by atoms with Gasteiger partial charge in [-0.25, -0.2) is 4.79 Å². The Labute approximate surface area is 71.1 Å². The van der Waals surface area contributed by atoms with E-state index in [1.165, 1.54) is 0 Å². The Morgan fingerprint density at radius 1 is 1.58 bits per heavy atom. The normalized spacial score (nSPS) is 26.8. The van der Waals surface area contributed by atoms with Crippen LogP contribution in [0.4, 0.5) is 4.79 Å². The van der Waals surface area contributed by atoms with Crippen molar-refractivity contribution >= 4 is 6.09 Å². The Kier molecular flexibility index (Phi) is 1.72. The van der Waals surface area contributed by atoms with Gasteiger partial charge in [-0.15, -0.1) is 0 Å².